The molecule has 0 atom stereocenters. The van der Waals surface area contributed by atoms with E-state index in [1.807, 2.05) is 36.4 Å². The van der Waals surface area contributed by atoms with Gasteiger partial charge in [-0.2, -0.15) is 0 Å². The van der Waals surface area contributed by atoms with Crippen molar-refractivity contribution >= 4 is 34.8 Å². The molecule has 0 heterocycles. The summed E-state index contributed by atoms with van der Waals surface area (Å²) in [5, 5.41) is 2.08. The molecule has 0 fully saturated rings. The SMILES string of the molecule is Clc1ccc(Cc2ccccc2Cl)c(Cl)c1. The monoisotopic (exact) mass is 270 g/mol. The first kappa shape index (κ1) is 11.8. The van der Waals surface area contributed by atoms with Crippen LogP contribution in [-0.4, -0.2) is 0 Å². The van der Waals surface area contributed by atoms with Gasteiger partial charge in [-0.1, -0.05) is 59.1 Å². The molecule has 0 aromatic heterocycles. The molecule has 0 aliphatic rings. The highest BCUT2D eigenvalue weighted by Crippen LogP contribution is 2.25. The summed E-state index contributed by atoms with van der Waals surface area (Å²) in [6, 6.07) is 13.2. The van der Waals surface area contributed by atoms with Crippen LogP contribution in [0.3, 0.4) is 0 Å². The normalized spacial score (nSPS) is 10.4. The molecule has 2 rings (SSSR count). The van der Waals surface area contributed by atoms with Crippen LogP contribution < -0.4 is 0 Å². The molecule has 0 bridgehead atoms. The molecule has 0 saturated heterocycles. The van der Waals surface area contributed by atoms with Crippen LogP contribution in [0.5, 0.6) is 0 Å². The smallest absolute Gasteiger partial charge is 0.0456 e. The lowest BCUT2D eigenvalue weighted by molar-refractivity contribution is 1.19. The van der Waals surface area contributed by atoms with Gasteiger partial charge in [0.2, 0.25) is 0 Å². The zero-order valence-corrected chi connectivity index (χ0v) is 10.7. The van der Waals surface area contributed by atoms with Gasteiger partial charge in [-0.25, -0.2) is 0 Å². The van der Waals surface area contributed by atoms with E-state index in [1.54, 1.807) is 6.07 Å². The molecule has 0 unspecified atom stereocenters. The molecule has 0 spiro atoms. The van der Waals surface area contributed by atoms with Crippen LogP contribution in [-0.2, 0) is 6.42 Å². The standard InChI is InChI=1S/C13H9Cl3/c14-11-6-5-10(13(16)8-11)7-9-3-1-2-4-12(9)15/h1-6,8H,7H2. The highest BCUT2D eigenvalue weighted by Gasteiger charge is 2.05. The second kappa shape index (κ2) is 5.09. The Morgan fingerprint density at radius 1 is 0.750 bits per heavy atom. The maximum absolute atomic E-state index is 6.10. The van der Waals surface area contributed by atoms with Crippen LogP contribution in [0.25, 0.3) is 0 Å². The van der Waals surface area contributed by atoms with E-state index in [-0.39, 0.29) is 0 Å². The fourth-order valence-electron chi connectivity index (χ4n) is 1.51. The highest BCUT2D eigenvalue weighted by atomic mass is 35.5. The third kappa shape index (κ3) is 2.70. The van der Waals surface area contributed by atoms with Crippen LogP contribution in [0.4, 0.5) is 0 Å². The molecule has 3 heteroatoms. The van der Waals surface area contributed by atoms with Crippen molar-refractivity contribution in [2.75, 3.05) is 0 Å². The molecule has 16 heavy (non-hydrogen) atoms. The van der Waals surface area contributed by atoms with Crippen molar-refractivity contribution < 1.29 is 0 Å². The number of rotatable bonds is 2. The van der Waals surface area contributed by atoms with Crippen LogP contribution >= 0.6 is 34.8 Å². The van der Waals surface area contributed by atoms with Gasteiger partial charge in [-0.15, -0.1) is 0 Å². The number of benzene rings is 2. The average molecular weight is 272 g/mol. The maximum atomic E-state index is 6.10. The maximum Gasteiger partial charge on any atom is 0.0456 e. The van der Waals surface area contributed by atoms with E-state index in [0.717, 1.165) is 22.6 Å². The summed E-state index contributed by atoms with van der Waals surface area (Å²) >= 11 is 18.0. The van der Waals surface area contributed by atoms with Gasteiger partial charge in [0.05, 0.1) is 0 Å². The fraction of sp³-hybridized carbons (Fsp3) is 0.0769. The third-order valence-corrected chi connectivity index (χ3v) is 3.31. The lowest BCUT2D eigenvalue weighted by Crippen LogP contribution is -1.90. The van der Waals surface area contributed by atoms with Crippen molar-refractivity contribution in [3.8, 4) is 0 Å². The zero-order valence-electron chi connectivity index (χ0n) is 8.38. The first-order valence-corrected chi connectivity index (χ1v) is 5.97. The number of hydrogen-bond donors (Lipinski definition) is 0. The van der Waals surface area contributed by atoms with Crippen LogP contribution in [0, 0.1) is 0 Å². The van der Waals surface area contributed by atoms with Gasteiger partial charge in [-0.05, 0) is 29.3 Å². The lowest BCUT2D eigenvalue weighted by Gasteiger charge is -2.06. The Morgan fingerprint density at radius 2 is 1.44 bits per heavy atom. The van der Waals surface area contributed by atoms with E-state index in [0.29, 0.717) is 10.0 Å². The molecular weight excluding hydrogens is 263 g/mol. The van der Waals surface area contributed by atoms with Gasteiger partial charge in [-0.3, -0.25) is 0 Å². The van der Waals surface area contributed by atoms with Gasteiger partial charge in [0.15, 0.2) is 0 Å². The van der Waals surface area contributed by atoms with Gasteiger partial charge in [0, 0.05) is 21.5 Å². The van der Waals surface area contributed by atoms with Crippen molar-refractivity contribution in [3.05, 3.63) is 68.7 Å². The molecule has 0 aliphatic heterocycles. The summed E-state index contributed by atoms with van der Waals surface area (Å²) < 4.78 is 0. The second-order valence-electron chi connectivity index (χ2n) is 3.50. The van der Waals surface area contributed by atoms with Gasteiger partial charge in [0.25, 0.3) is 0 Å². The Hall–Kier alpha value is -0.690. The quantitative estimate of drug-likeness (QED) is 0.701. The number of hydrogen-bond acceptors (Lipinski definition) is 0. The van der Waals surface area contributed by atoms with Crippen LogP contribution in [0.15, 0.2) is 42.5 Å². The summed E-state index contributed by atoms with van der Waals surface area (Å²) in [7, 11) is 0. The Bertz CT molecular complexity index is 506. The Morgan fingerprint density at radius 3 is 2.12 bits per heavy atom. The minimum atomic E-state index is 0.646. The molecular formula is C13H9Cl3. The Balaban J connectivity index is 2.31. The minimum absolute atomic E-state index is 0.646. The summed E-state index contributed by atoms with van der Waals surface area (Å²) in [4.78, 5) is 0. The summed E-state index contributed by atoms with van der Waals surface area (Å²) in [6.45, 7) is 0. The summed E-state index contributed by atoms with van der Waals surface area (Å²) in [5.74, 6) is 0. The molecule has 0 nitrogen and oxygen atoms in total. The molecule has 0 saturated carbocycles. The molecule has 0 amide bonds. The van der Waals surface area contributed by atoms with Crippen molar-refractivity contribution in [1.82, 2.24) is 0 Å². The van der Waals surface area contributed by atoms with E-state index >= 15 is 0 Å². The molecule has 0 N–H and O–H groups in total. The predicted molar refractivity (Wildman–Crippen MR) is 70.7 cm³/mol. The Kier molecular flexibility index (Phi) is 3.75. The van der Waals surface area contributed by atoms with E-state index < -0.39 is 0 Å². The lowest BCUT2D eigenvalue weighted by atomic mass is 10.1. The van der Waals surface area contributed by atoms with E-state index in [1.165, 1.54) is 0 Å². The second-order valence-corrected chi connectivity index (χ2v) is 4.75. The number of halogens is 3. The molecule has 82 valence electrons. The van der Waals surface area contributed by atoms with Crippen molar-refractivity contribution in [1.29, 1.82) is 0 Å². The Labute approximate surface area is 110 Å². The zero-order chi connectivity index (χ0) is 11.5. The molecule has 0 aliphatic carbocycles. The van der Waals surface area contributed by atoms with Crippen molar-refractivity contribution in [2.45, 2.75) is 6.42 Å². The van der Waals surface area contributed by atoms with Gasteiger partial charge < -0.3 is 0 Å². The largest absolute Gasteiger partial charge is 0.0843 e. The third-order valence-electron chi connectivity index (χ3n) is 2.35. The highest BCUT2D eigenvalue weighted by molar-refractivity contribution is 6.35. The minimum Gasteiger partial charge on any atom is -0.0843 e. The van der Waals surface area contributed by atoms with Crippen LogP contribution in [0.1, 0.15) is 11.1 Å². The van der Waals surface area contributed by atoms with Crippen LogP contribution in [0.2, 0.25) is 15.1 Å². The van der Waals surface area contributed by atoms with Gasteiger partial charge in [0.1, 0.15) is 0 Å². The first-order chi connectivity index (χ1) is 7.66. The van der Waals surface area contributed by atoms with Gasteiger partial charge >= 0.3 is 0 Å². The molecule has 2 aromatic carbocycles. The van der Waals surface area contributed by atoms with E-state index in [9.17, 15) is 0 Å². The summed E-state index contributed by atoms with van der Waals surface area (Å²) in [5.41, 5.74) is 2.09. The fourth-order valence-corrected chi connectivity index (χ4v) is 2.19. The van der Waals surface area contributed by atoms with E-state index in [4.69, 9.17) is 34.8 Å². The van der Waals surface area contributed by atoms with Crippen molar-refractivity contribution in [3.63, 3.8) is 0 Å². The predicted octanol–water partition coefficient (Wildman–Crippen LogP) is 5.24. The van der Waals surface area contributed by atoms with Crippen molar-refractivity contribution in [2.24, 2.45) is 0 Å². The first-order valence-electron chi connectivity index (χ1n) is 4.84. The molecule has 2 aromatic rings. The average Bonchev–Trinajstić information content (AvgIpc) is 2.25. The topological polar surface area (TPSA) is 0 Å². The molecule has 0 radical (unpaired) electrons. The summed E-state index contributed by atoms with van der Waals surface area (Å²) in [6.07, 6.45) is 0.718. The van der Waals surface area contributed by atoms with E-state index in [2.05, 4.69) is 0 Å².